The van der Waals surface area contributed by atoms with Crippen LogP contribution < -0.4 is 5.32 Å². The minimum Gasteiger partial charge on any atom is -0.319 e. The van der Waals surface area contributed by atoms with Gasteiger partial charge in [0.05, 0.1) is 22.8 Å². The quantitative estimate of drug-likeness (QED) is 0.533. The molecule has 6 heteroatoms. The molecule has 0 saturated heterocycles. The van der Waals surface area contributed by atoms with Crippen molar-refractivity contribution in [2.45, 2.75) is 20.4 Å². The lowest BCUT2D eigenvalue weighted by atomic mass is 10.1. The molecule has 0 saturated carbocycles. The van der Waals surface area contributed by atoms with E-state index in [4.69, 9.17) is 0 Å². The summed E-state index contributed by atoms with van der Waals surface area (Å²) in [7, 11) is 0. The number of benzene rings is 2. The molecule has 0 aliphatic carbocycles. The van der Waals surface area contributed by atoms with Crippen molar-refractivity contribution in [2.24, 2.45) is 0 Å². The summed E-state index contributed by atoms with van der Waals surface area (Å²) in [6.07, 6.45) is 0. The standard InChI is InChI=1S/C21H18FN3OS/c1-13-7-9-15(10-8-13)12-25-21-16(14(2)24-25)11-19(27-21)20(26)23-18-6-4-3-5-17(18)22/h3-11H,12H2,1-2H3,(H,23,26). The molecule has 136 valence electrons. The minimum absolute atomic E-state index is 0.179. The highest BCUT2D eigenvalue weighted by Gasteiger charge is 2.17. The van der Waals surface area contributed by atoms with Crippen molar-refractivity contribution in [1.82, 2.24) is 9.78 Å². The molecule has 0 aliphatic rings. The Morgan fingerprint density at radius 1 is 1.15 bits per heavy atom. The molecule has 0 unspecified atom stereocenters. The van der Waals surface area contributed by atoms with Crippen molar-refractivity contribution in [3.63, 3.8) is 0 Å². The fourth-order valence-corrected chi connectivity index (χ4v) is 4.00. The van der Waals surface area contributed by atoms with E-state index in [1.165, 1.54) is 23.0 Å². The summed E-state index contributed by atoms with van der Waals surface area (Å²) < 4.78 is 15.7. The van der Waals surface area contributed by atoms with Gasteiger partial charge in [0.25, 0.3) is 5.91 Å². The van der Waals surface area contributed by atoms with Gasteiger partial charge in [-0.25, -0.2) is 4.39 Å². The predicted molar refractivity (Wildman–Crippen MR) is 107 cm³/mol. The Morgan fingerprint density at radius 2 is 1.89 bits per heavy atom. The molecule has 4 aromatic rings. The van der Waals surface area contributed by atoms with Crippen molar-refractivity contribution in [3.8, 4) is 0 Å². The number of aryl methyl sites for hydroxylation is 2. The molecule has 2 aromatic heterocycles. The Bertz CT molecular complexity index is 1130. The second-order valence-corrected chi connectivity index (χ2v) is 7.52. The van der Waals surface area contributed by atoms with Crippen LogP contribution in [0.2, 0.25) is 0 Å². The third kappa shape index (κ3) is 3.48. The number of hydrogen-bond acceptors (Lipinski definition) is 3. The van der Waals surface area contributed by atoms with Gasteiger partial charge in [0.15, 0.2) is 0 Å². The van der Waals surface area contributed by atoms with Gasteiger partial charge in [-0.05, 0) is 37.6 Å². The number of carbonyl (C=O) groups is 1. The van der Waals surface area contributed by atoms with Crippen LogP contribution >= 0.6 is 11.3 Å². The van der Waals surface area contributed by atoms with E-state index in [-0.39, 0.29) is 11.6 Å². The normalized spacial score (nSPS) is 11.1. The van der Waals surface area contributed by atoms with Crippen LogP contribution in [0.25, 0.3) is 10.2 Å². The zero-order chi connectivity index (χ0) is 19.0. The van der Waals surface area contributed by atoms with Crippen LogP contribution in [-0.2, 0) is 6.54 Å². The number of carbonyl (C=O) groups excluding carboxylic acids is 1. The van der Waals surface area contributed by atoms with Crippen LogP contribution in [0.3, 0.4) is 0 Å². The zero-order valence-electron chi connectivity index (χ0n) is 15.0. The van der Waals surface area contributed by atoms with Crippen molar-refractivity contribution in [1.29, 1.82) is 0 Å². The van der Waals surface area contributed by atoms with Crippen LogP contribution in [0.15, 0.2) is 54.6 Å². The van der Waals surface area contributed by atoms with Crippen LogP contribution in [-0.4, -0.2) is 15.7 Å². The number of para-hydroxylation sites is 1. The number of thiophene rings is 1. The number of rotatable bonds is 4. The van der Waals surface area contributed by atoms with Gasteiger partial charge < -0.3 is 5.32 Å². The van der Waals surface area contributed by atoms with Crippen molar-refractivity contribution < 1.29 is 9.18 Å². The number of amides is 1. The van der Waals surface area contributed by atoms with Gasteiger partial charge in [-0.3, -0.25) is 9.48 Å². The molecule has 2 aromatic carbocycles. The zero-order valence-corrected chi connectivity index (χ0v) is 15.8. The highest BCUT2D eigenvalue weighted by Crippen LogP contribution is 2.29. The van der Waals surface area contributed by atoms with Crippen molar-refractivity contribution in [2.75, 3.05) is 5.32 Å². The number of halogens is 1. The summed E-state index contributed by atoms with van der Waals surface area (Å²) in [5, 5.41) is 8.19. The largest absolute Gasteiger partial charge is 0.319 e. The van der Waals surface area contributed by atoms with Gasteiger partial charge in [-0.1, -0.05) is 42.0 Å². The van der Waals surface area contributed by atoms with Crippen LogP contribution in [0.5, 0.6) is 0 Å². The highest BCUT2D eigenvalue weighted by atomic mass is 32.1. The monoisotopic (exact) mass is 379 g/mol. The van der Waals surface area contributed by atoms with Crippen molar-refractivity contribution >= 4 is 33.1 Å². The lowest BCUT2D eigenvalue weighted by Gasteiger charge is -2.05. The van der Waals surface area contributed by atoms with Gasteiger partial charge in [-0.2, -0.15) is 5.10 Å². The second kappa shape index (κ2) is 6.96. The van der Waals surface area contributed by atoms with Crippen LogP contribution in [0.1, 0.15) is 26.5 Å². The van der Waals surface area contributed by atoms with E-state index < -0.39 is 5.82 Å². The number of aromatic nitrogens is 2. The van der Waals surface area contributed by atoms with Crippen LogP contribution in [0.4, 0.5) is 10.1 Å². The number of fused-ring (bicyclic) bond motifs is 1. The molecule has 0 spiro atoms. The summed E-state index contributed by atoms with van der Waals surface area (Å²) in [6.45, 7) is 4.62. The second-order valence-electron chi connectivity index (χ2n) is 6.49. The van der Waals surface area contributed by atoms with Gasteiger partial charge >= 0.3 is 0 Å². The summed E-state index contributed by atoms with van der Waals surface area (Å²) in [5.41, 5.74) is 3.41. The predicted octanol–water partition coefficient (Wildman–Crippen LogP) is 5.15. The molecule has 1 amide bonds. The van der Waals surface area contributed by atoms with E-state index in [1.54, 1.807) is 18.2 Å². The third-order valence-electron chi connectivity index (χ3n) is 4.41. The molecular weight excluding hydrogens is 361 g/mol. The maximum atomic E-state index is 13.8. The summed E-state index contributed by atoms with van der Waals surface area (Å²) in [6, 6.07) is 16.3. The van der Waals surface area contributed by atoms with E-state index in [9.17, 15) is 9.18 Å². The molecule has 0 bridgehead atoms. The first-order chi connectivity index (χ1) is 13.0. The van der Waals surface area contributed by atoms with E-state index in [0.29, 0.717) is 11.4 Å². The van der Waals surface area contributed by atoms with Crippen LogP contribution in [0, 0.1) is 19.7 Å². The fraction of sp³-hybridized carbons (Fsp3) is 0.143. The molecule has 0 atom stereocenters. The number of anilines is 1. The fourth-order valence-electron chi connectivity index (χ4n) is 2.94. The molecule has 0 aliphatic heterocycles. The SMILES string of the molecule is Cc1ccc(Cn2nc(C)c3cc(C(=O)Nc4ccccc4F)sc32)cc1. The molecule has 0 radical (unpaired) electrons. The smallest absolute Gasteiger partial charge is 0.265 e. The topological polar surface area (TPSA) is 46.9 Å². The first-order valence-corrected chi connectivity index (χ1v) is 9.41. The Hall–Kier alpha value is -2.99. The Morgan fingerprint density at radius 3 is 2.63 bits per heavy atom. The van der Waals surface area contributed by atoms with Gasteiger partial charge in [0, 0.05) is 5.39 Å². The third-order valence-corrected chi connectivity index (χ3v) is 5.55. The van der Waals surface area contributed by atoms with Gasteiger partial charge in [-0.15, -0.1) is 11.3 Å². The average molecular weight is 379 g/mol. The summed E-state index contributed by atoms with van der Waals surface area (Å²) >= 11 is 1.37. The lowest BCUT2D eigenvalue weighted by Crippen LogP contribution is -2.11. The first kappa shape index (κ1) is 17.4. The van der Waals surface area contributed by atoms with Gasteiger partial charge in [0.1, 0.15) is 10.6 Å². The van der Waals surface area contributed by atoms with Crippen molar-refractivity contribution in [3.05, 3.63) is 82.1 Å². The molecular formula is C21H18FN3OS. The number of nitrogens with zero attached hydrogens (tertiary/aromatic N) is 2. The van der Waals surface area contributed by atoms with E-state index in [2.05, 4.69) is 41.6 Å². The highest BCUT2D eigenvalue weighted by molar-refractivity contribution is 7.20. The minimum atomic E-state index is -0.450. The van der Waals surface area contributed by atoms with E-state index in [1.807, 2.05) is 17.7 Å². The number of nitrogens with one attached hydrogen (secondary N) is 1. The Balaban J connectivity index is 1.63. The molecule has 2 heterocycles. The first-order valence-electron chi connectivity index (χ1n) is 8.59. The average Bonchev–Trinajstić information content (AvgIpc) is 3.21. The Labute approximate surface area is 160 Å². The van der Waals surface area contributed by atoms with E-state index in [0.717, 1.165) is 21.5 Å². The molecule has 4 rings (SSSR count). The molecule has 4 nitrogen and oxygen atoms in total. The lowest BCUT2D eigenvalue weighted by molar-refractivity contribution is 0.103. The Kier molecular flexibility index (Phi) is 4.49. The van der Waals surface area contributed by atoms with E-state index >= 15 is 0 Å². The maximum Gasteiger partial charge on any atom is 0.265 e. The van der Waals surface area contributed by atoms with Gasteiger partial charge in [0.2, 0.25) is 0 Å². The summed E-state index contributed by atoms with van der Waals surface area (Å²) in [4.78, 5) is 14.0. The molecule has 0 fully saturated rings. The number of hydrogen-bond donors (Lipinski definition) is 1. The summed E-state index contributed by atoms with van der Waals surface area (Å²) in [5.74, 6) is -0.767. The maximum absolute atomic E-state index is 13.8. The molecule has 1 N–H and O–H groups in total. The molecule has 27 heavy (non-hydrogen) atoms.